The first-order chi connectivity index (χ1) is 10.2. The van der Waals surface area contributed by atoms with Crippen molar-refractivity contribution in [2.45, 2.75) is 0 Å². The minimum absolute atomic E-state index is 0.462. The predicted octanol–water partition coefficient (Wildman–Crippen LogP) is 4.57. The zero-order chi connectivity index (χ0) is 14.8. The van der Waals surface area contributed by atoms with Crippen LogP contribution in [-0.4, -0.2) is 19.2 Å². The molecule has 0 amide bonds. The van der Waals surface area contributed by atoms with Crippen LogP contribution in [0.5, 0.6) is 11.5 Å². The van der Waals surface area contributed by atoms with E-state index >= 15 is 0 Å². The van der Waals surface area contributed by atoms with Crippen LogP contribution in [0.3, 0.4) is 0 Å². The Morgan fingerprint density at radius 3 is 2.38 bits per heavy atom. The first-order valence-electron chi connectivity index (χ1n) is 6.50. The Morgan fingerprint density at radius 1 is 0.952 bits per heavy atom. The van der Waals surface area contributed by atoms with E-state index in [-0.39, 0.29) is 0 Å². The van der Waals surface area contributed by atoms with Gasteiger partial charge in [0.2, 0.25) is 0 Å². The number of aromatic nitrogens is 1. The Balaban J connectivity index is 2.28. The van der Waals surface area contributed by atoms with Crippen molar-refractivity contribution in [3.05, 3.63) is 53.7 Å². The van der Waals surface area contributed by atoms with Crippen molar-refractivity contribution >= 4 is 22.5 Å². The number of pyridine rings is 1. The summed E-state index contributed by atoms with van der Waals surface area (Å²) in [5, 5.41) is 1.37. The van der Waals surface area contributed by atoms with E-state index in [9.17, 15) is 0 Å². The number of ether oxygens (including phenoxy) is 2. The Hall–Kier alpha value is -2.26. The van der Waals surface area contributed by atoms with Crippen LogP contribution in [0.25, 0.3) is 22.0 Å². The fourth-order valence-electron chi connectivity index (χ4n) is 2.30. The van der Waals surface area contributed by atoms with Gasteiger partial charge in [-0.1, -0.05) is 41.9 Å². The van der Waals surface area contributed by atoms with Crippen LogP contribution in [-0.2, 0) is 0 Å². The highest BCUT2D eigenvalue weighted by molar-refractivity contribution is 6.32. The number of fused-ring (bicyclic) bond motifs is 1. The summed E-state index contributed by atoms with van der Waals surface area (Å²) < 4.78 is 10.7. The van der Waals surface area contributed by atoms with Crippen molar-refractivity contribution in [2.75, 3.05) is 14.2 Å². The number of rotatable bonds is 3. The van der Waals surface area contributed by atoms with Gasteiger partial charge in [0.1, 0.15) is 16.7 Å². The molecule has 0 saturated carbocycles. The van der Waals surface area contributed by atoms with Gasteiger partial charge in [-0.25, -0.2) is 4.98 Å². The van der Waals surface area contributed by atoms with Crippen LogP contribution in [0.1, 0.15) is 0 Å². The predicted molar refractivity (Wildman–Crippen MR) is 85.3 cm³/mol. The molecule has 106 valence electrons. The molecule has 1 heterocycles. The van der Waals surface area contributed by atoms with Crippen molar-refractivity contribution < 1.29 is 9.47 Å². The van der Waals surface area contributed by atoms with Gasteiger partial charge in [-0.2, -0.15) is 0 Å². The maximum absolute atomic E-state index is 6.34. The quantitative estimate of drug-likeness (QED) is 0.664. The van der Waals surface area contributed by atoms with E-state index < -0.39 is 0 Å². The molecule has 2 aromatic carbocycles. The van der Waals surface area contributed by atoms with E-state index in [2.05, 4.69) is 4.98 Å². The molecule has 3 aromatic rings. The average molecular weight is 300 g/mol. The Bertz CT molecular complexity index is 788. The number of nitrogens with zero attached hydrogens (tertiary/aromatic N) is 1. The third-order valence-electron chi connectivity index (χ3n) is 3.36. The molecule has 0 aliphatic heterocycles. The summed E-state index contributed by atoms with van der Waals surface area (Å²) >= 11 is 6.34. The van der Waals surface area contributed by atoms with Crippen molar-refractivity contribution in [1.29, 1.82) is 0 Å². The number of halogens is 1. The topological polar surface area (TPSA) is 31.4 Å². The fraction of sp³-hybridized carbons (Fsp3) is 0.118. The second-order valence-electron chi connectivity index (χ2n) is 4.59. The van der Waals surface area contributed by atoms with E-state index in [1.165, 1.54) is 0 Å². The Morgan fingerprint density at radius 2 is 1.71 bits per heavy atom. The van der Waals surface area contributed by atoms with E-state index in [4.69, 9.17) is 21.1 Å². The molecule has 3 rings (SSSR count). The lowest BCUT2D eigenvalue weighted by atomic mass is 10.0. The van der Waals surface area contributed by atoms with Crippen molar-refractivity contribution in [2.24, 2.45) is 0 Å². The van der Waals surface area contributed by atoms with Crippen LogP contribution in [0.2, 0.25) is 5.15 Å². The summed E-state index contributed by atoms with van der Waals surface area (Å²) in [4.78, 5) is 4.47. The molecule has 0 N–H and O–H groups in total. The lowest BCUT2D eigenvalue weighted by Crippen LogP contribution is -1.92. The molecule has 0 atom stereocenters. The molecule has 1 aromatic heterocycles. The van der Waals surface area contributed by atoms with Crippen LogP contribution < -0.4 is 9.47 Å². The van der Waals surface area contributed by atoms with Crippen molar-refractivity contribution in [1.82, 2.24) is 4.98 Å². The second kappa shape index (κ2) is 5.62. The van der Waals surface area contributed by atoms with Gasteiger partial charge in [-0.3, -0.25) is 0 Å². The Kier molecular flexibility index (Phi) is 3.67. The van der Waals surface area contributed by atoms with Crippen LogP contribution in [0.4, 0.5) is 0 Å². The minimum Gasteiger partial charge on any atom is -0.497 e. The molecular formula is C17H14ClNO2. The lowest BCUT2D eigenvalue weighted by molar-refractivity contribution is 0.398. The molecule has 0 spiro atoms. The largest absolute Gasteiger partial charge is 0.497 e. The molecule has 0 fully saturated rings. The number of hydrogen-bond donors (Lipinski definition) is 0. The molecule has 21 heavy (non-hydrogen) atoms. The standard InChI is InChI=1S/C17H14ClNO2/c1-20-12-8-15-14(16(9-12)21-2)10-13(17(18)19-15)11-6-4-3-5-7-11/h3-10H,1-2H3. The van der Waals surface area contributed by atoms with Crippen LogP contribution in [0.15, 0.2) is 48.5 Å². The van der Waals surface area contributed by atoms with Crippen LogP contribution >= 0.6 is 11.6 Å². The lowest BCUT2D eigenvalue weighted by Gasteiger charge is -2.11. The first kappa shape index (κ1) is 13.7. The molecule has 0 saturated heterocycles. The highest BCUT2D eigenvalue weighted by atomic mass is 35.5. The number of methoxy groups -OCH3 is 2. The van der Waals surface area contributed by atoms with Gasteiger partial charge in [0.15, 0.2) is 0 Å². The third-order valence-corrected chi connectivity index (χ3v) is 3.65. The van der Waals surface area contributed by atoms with Gasteiger partial charge >= 0.3 is 0 Å². The van der Waals surface area contributed by atoms with E-state index in [1.54, 1.807) is 14.2 Å². The molecule has 0 radical (unpaired) electrons. The summed E-state index contributed by atoms with van der Waals surface area (Å²) in [6, 6.07) is 15.6. The van der Waals surface area contributed by atoms with E-state index in [0.29, 0.717) is 16.7 Å². The summed E-state index contributed by atoms with van der Waals surface area (Å²) in [5.41, 5.74) is 2.65. The highest BCUT2D eigenvalue weighted by Gasteiger charge is 2.12. The zero-order valence-electron chi connectivity index (χ0n) is 11.8. The smallest absolute Gasteiger partial charge is 0.137 e. The van der Waals surface area contributed by atoms with Gasteiger partial charge < -0.3 is 9.47 Å². The van der Waals surface area contributed by atoms with Gasteiger partial charge in [0.25, 0.3) is 0 Å². The molecule has 0 aliphatic rings. The maximum atomic E-state index is 6.34. The minimum atomic E-state index is 0.462. The third kappa shape index (κ3) is 2.52. The number of benzene rings is 2. The van der Waals surface area contributed by atoms with Crippen LogP contribution in [0, 0.1) is 0 Å². The molecular weight excluding hydrogens is 286 g/mol. The first-order valence-corrected chi connectivity index (χ1v) is 6.88. The van der Waals surface area contributed by atoms with Gasteiger partial charge in [0.05, 0.1) is 19.7 Å². The summed E-state index contributed by atoms with van der Waals surface area (Å²) in [6.07, 6.45) is 0. The molecule has 4 heteroatoms. The van der Waals surface area contributed by atoms with Crippen molar-refractivity contribution in [3.63, 3.8) is 0 Å². The number of hydrogen-bond acceptors (Lipinski definition) is 3. The monoisotopic (exact) mass is 299 g/mol. The average Bonchev–Trinajstić information content (AvgIpc) is 2.53. The second-order valence-corrected chi connectivity index (χ2v) is 4.95. The molecule has 3 nitrogen and oxygen atoms in total. The van der Waals surface area contributed by atoms with Gasteiger partial charge in [0, 0.05) is 23.1 Å². The maximum Gasteiger partial charge on any atom is 0.137 e. The van der Waals surface area contributed by atoms with E-state index in [0.717, 1.165) is 22.0 Å². The molecule has 0 unspecified atom stereocenters. The summed E-state index contributed by atoms with van der Waals surface area (Å²) in [5.74, 6) is 1.40. The van der Waals surface area contributed by atoms with Gasteiger partial charge in [-0.05, 0) is 11.6 Å². The van der Waals surface area contributed by atoms with E-state index in [1.807, 2.05) is 48.5 Å². The molecule has 0 bridgehead atoms. The SMILES string of the molecule is COc1cc(OC)c2cc(-c3ccccc3)c(Cl)nc2c1. The zero-order valence-corrected chi connectivity index (χ0v) is 12.5. The van der Waals surface area contributed by atoms with Crippen molar-refractivity contribution in [3.8, 4) is 22.6 Å². The molecule has 0 aliphatic carbocycles. The highest BCUT2D eigenvalue weighted by Crippen LogP contribution is 2.36. The summed E-state index contributed by atoms with van der Waals surface area (Å²) in [6.45, 7) is 0. The summed E-state index contributed by atoms with van der Waals surface area (Å²) in [7, 11) is 3.24. The fourth-order valence-corrected chi connectivity index (χ4v) is 2.56. The normalized spacial score (nSPS) is 10.6. The van der Waals surface area contributed by atoms with Gasteiger partial charge in [-0.15, -0.1) is 0 Å². The Labute approximate surface area is 128 Å².